The molecule has 3 rings (SSSR count). The second-order valence-corrected chi connectivity index (χ2v) is 6.44. The van der Waals surface area contributed by atoms with Gasteiger partial charge in [0.1, 0.15) is 5.75 Å². The van der Waals surface area contributed by atoms with Crippen molar-refractivity contribution >= 4 is 34.8 Å². The fourth-order valence-electron chi connectivity index (χ4n) is 2.28. The van der Waals surface area contributed by atoms with Crippen LogP contribution in [0.5, 0.6) is 5.75 Å². The summed E-state index contributed by atoms with van der Waals surface area (Å²) < 4.78 is 8.87. The third-order valence-corrected chi connectivity index (χ3v) is 4.28. The van der Waals surface area contributed by atoms with Crippen molar-refractivity contribution in [3.63, 3.8) is 0 Å². The Morgan fingerprint density at radius 2 is 2.12 bits per heavy atom. The maximum atomic E-state index is 12.1. The van der Waals surface area contributed by atoms with Gasteiger partial charge in [-0.1, -0.05) is 29.3 Å². The van der Waals surface area contributed by atoms with Crippen molar-refractivity contribution in [2.45, 2.75) is 26.6 Å². The van der Waals surface area contributed by atoms with Crippen LogP contribution in [0.4, 0.5) is 5.69 Å². The number of amides is 1. The molecule has 2 aromatic heterocycles. The van der Waals surface area contributed by atoms with Gasteiger partial charge in [0.15, 0.2) is 6.73 Å². The van der Waals surface area contributed by atoms with E-state index < -0.39 is 0 Å². The minimum atomic E-state index is -0.133. The Hall–Kier alpha value is -2.51. The maximum absolute atomic E-state index is 12.1. The second-order valence-electron chi connectivity index (χ2n) is 5.60. The highest BCUT2D eigenvalue weighted by Gasteiger charge is 2.08. The number of hydrogen-bond acceptors (Lipinski definition) is 4. The van der Waals surface area contributed by atoms with Crippen LogP contribution in [0, 0.1) is 6.92 Å². The molecule has 26 heavy (non-hydrogen) atoms. The lowest BCUT2D eigenvalue weighted by atomic mass is 10.3. The lowest BCUT2D eigenvalue weighted by molar-refractivity contribution is -0.116. The molecule has 1 N–H and O–H groups in total. The van der Waals surface area contributed by atoms with Crippen molar-refractivity contribution in [2.24, 2.45) is 0 Å². The zero-order valence-corrected chi connectivity index (χ0v) is 15.5. The summed E-state index contributed by atoms with van der Waals surface area (Å²) in [6.45, 7) is 2.52. The van der Waals surface area contributed by atoms with Crippen molar-refractivity contribution in [2.75, 3.05) is 5.32 Å². The van der Waals surface area contributed by atoms with E-state index in [4.69, 9.17) is 27.9 Å². The number of aryl methyl sites for hydroxylation is 1. The van der Waals surface area contributed by atoms with Crippen LogP contribution >= 0.6 is 23.2 Å². The monoisotopic (exact) mass is 393 g/mol. The molecule has 3 aromatic rings. The normalized spacial score (nSPS) is 10.7. The number of nitrogens with zero attached hydrogens (tertiary/aromatic N) is 4. The standard InChI is InChI=1S/C17H17Cl2N5O2/c1-12-16(19)9-21-24(12)6-5-17(25)22-14-8-20-23(10-14)11-26-15-4-2-3-13(18)7-15/h2-4,7-10H,5-6,11H2,1H3,(H,22,25). The highest BCUT2D eigenvalue weighted by atomic mass is 35.5. The lowest BCUT2D eigenvalue weighted by Crippen LogP contribution is -2.15. The van der Waals surface area contributed by atoms with Gasteiger partial charge < -0.3 is 10.1 Å². The first kappa shape index (κ1) is 18.3. The highest BCUT2D eigenvalue weighted by Crippen LogP contribution is 2.18. The first-order valence-electron chi connectivity index (χ1n) is 7.90. The zero-order chi connectivity index (χ0) is 18.5. The number of ether oxygens (including phenoxy) is 1. The van der Waals surface area contributed by atoms with Gasteiger partial charge >= 0.3 is 0 Å². The SMILES string of the molecule is Cc1c(Cl)cnn1CCC(=O)Nc1cnn(COc2cccc(Cl)c2)c1. The van der Waals surface area contributed by atoms with Crippen molar-refractivity contribution in [3.8, 4) is 5.75 Å². The van der Waals surface area contributed by atoms with Gasteiger partial charge in [0.25, 0.3) is 0 Å². The van der Waals surface area contributed by atoms with E-state index in [1.165, 1.54) is 0 Å². The molecular formula is C17H17Cl2N5O2. The average Bonchev–Trinajstić information content (AvgIpc) is 3.19. The van der Waals surface area contributed by atoms with Gasteiger partial charge in [-0.3, -0.25) is 9.48 Å². The summed E-state index contributed by atoms with van der Waals surface area (Å²) in [7, 11) is 0. The van der Waals surface area contributed by atoms with E-state index in [9.17, 15) is 4.79 Å². The summed E-state index contributed by atoms with van der Waals surface area (Å²) in [5, 5.41) is 12.3. The second kappa shape index (κ2) is 8.25. The molecule has 9 heteroatoms. The number of rotatable bonds is 7. The predicted molar refractivity (Wildman–Crippen MR) is 99.5 cm³/mol. The predicted octanol–water partition coefficient (Wildman–Crippen LogP) is 3.76. The molecule has 0 atom stereocenters. The molecular weight excluding hydrogens is 377 g/mol. The number of carbonyl (C=O) groups excluding carboxylic acids is 1. The first-order valence-corrected chi connectivity index (χ1v) is 8.65. The van der Waals surface area contributed by atoms with Crippen molar-refractivity contribution in [1.29, 1.82) is 0 Å². The Kier molecular flexibility index (Phi) is 5.80. The minimum absolute atomic E-state index is 0.133. The highest BCUT2D eigenvalue weighted by molar-refractivity contribution is 6.31. The van der Waals surface area contributed by atoms with E-state index in [1.54, 1.807) is 46.2 Å². The van der Waals surface area contributed by atoms with E-state index in [0.29, 0.717) is 28.0 Å². The summed E-state index contributed by atoms with van der Waals surface area (Å²) in [5.41, 5.74) is 1.44. The Bertz CT molecular complexity index is 906. The molecule has 0 aliphatic rings. The number of nitrogens with one attached hydrogen (secondary N) is 1. The van der Waals surface area contributed by atoms with Crippen LogP contribution in [0.25, 0.3) is 0 Å². The number of hydrogen-bond donors (Lipinski definition) is 1. The largest absolute Gasteiger partial charge is 0.471 e. The van der Waals surface area contributed by atoms with Crippen molar-refractivity contribution in [3.05, 3.63) is 58.6 Å². The van der Waals surface area contributed by atoms with Crippen molar-refractivity contribution in [1.82, 2.24) is 19.6 Å². The van der Waals surface area contributed by atoms with Gasteiger partial charge in [0.2, 0.25) is 5.91 Å². The van der Waals surface area contributed by atoms with Crippen LogP contribution in [0.2, 0.25) is 10.0 Å². The van der Waals surface area contributed by atoms with E-state index in [2.05, 4.69) is 15.5 Å². The molecule has 7 nitrogen and oxygen atoms in total. The molecule has 0 fully saturated rings. The third-order valence-electron chi connectivity index (χ3n) is 3.67. The molecule has 0 unspecified atom stereocenters. The summed E-state index contributed by atoms with van der Waals surface area (Å²) in [4.78, 5) is 12.1. The van der Waals surface area contributed by atoms with E-state index in [-0.39, 0.29) is 19.1 Å². The maximum Gasteiger partial charge on any atom is 0.226 e. The quantitative estimate of drug-likeness (QED) is 0.662. The molecule has 0 bridgehead atoms. The van der Waals surface area contributed by atoms with Gasteiger partial charge in [-0.15, -0.1) is 0 Å². The fourth-order valence-corrected chi connectivity index (χ4v) is 2.60. The molecule has 0 radical (unpaired) electrons. The van der Waals surface area contributed by atoms with E-state index >= 15 is 0 Å². The number of carbonyl (C=O) groups is 1. The van der Waals surface area contributed by atoms with Gasteiger partial charge in [-0.2, -0.15) is 10.2 Å². The van der Waals surface area contributed by atoms with Gasteiger partial charge in [0, 0.05) is 11.4 Å². The Morgan fingerprint density at radius 1 is 1.27 bits per heavy atom. The molecule has 136 valence electrons. The minimum Gasteiger partial charge on any atom is -0.471 e. The molecule has 0 saturated carbocycles. The van der Waals surface area contributed by atoms with Crippen LogP contribution in [0.15, 0.2) is 42.9 Å². The Morgan fingerprint density at radius 3 is 2.85 bits per heavy atom. The molecule has 2 heterocycles. The lowest BCUT2D eigenvalue weighted by Gasteiger charge is -2.06. The number of anilines is 1. The van der Waals surface area contributed by atoms with Crippen LogP contribution < -0.4 is 10.1 Å². The van der Waals surface area contributed by atoms with E-state index in [1.807, 2.05) is 13.0 Å². The zero-order valence-electron chi connectivity index (χ0n) is 14.0. The van der Waals surface area contributed by atoms with Crippen LogP contribution in [-0.4, -0.2) is 25.5 Å². The molecule has 0 aliphatic heterocycles. The van der Waals surface area contributed by atoms with Crippen LogP contribution in [0.3, 0.4) is 0 Å². The molecule has 0 aliphatic carbocycles. The van der Waals surface area contributed by atoms with Crippen LogP contribution in [0.1, 0.15) is 12.1 Å². The average molecular weight is 394 g/mol. The van der Waals surface area contributed by atoms with Crippen molar-refractivity contribution < 1.29 is 9.53 Å². The topological polar surface area (TPSA) is 74.0 Å². The summed E-state index contributed by atoms with van der Waals surface area (Å²) in [6, 6.07) is 7.11. The first-order chi connectivity index (χ1) is 12.5. The fraction of sp³-hybridized carbons (Fsp3) is 0.235. The van der Waals surface area contributed by atoms with Gasteiger partial charge in [-0.25, -0.2) is 4.68 Å². The molecule has 1 amide bonds. The number of aromatic nitrogens is 4. The smallest absolute Gasteiger partial charge is 0.226 e. The number of benzene rings is 1. The Labute approximate surface area is 160 Å². The van der Waals surface area contributed by atoms with Gasteiger partial charge in [0.05, 0.1) is 41.5 Å². The molecule has 1 aromatic carbocycles. The summed E-state index contributed by atoms with van der Waals surface area (Å²) in [5.74, 6) is 0.512. The Balaban J connectivity index is 1.48. The van der Waals surface area contributed by atoms with Gasteiger partial charge in [-0.05, 0) is 25.1 Å². The molecule has 0 saturated heterocycles. The number of halogens is 2. The third kappa shape index (κ3) is 4.77. The summed E-state index contributed by atoms with van der Waals surface area (Å²) >= 11 is 11.9. The van der Waals surface area contributed by atoms with Crippen LogP contribution in [-0.2, 0) is 18.1 Å². The van der Waals surface area contributed by atoms with E-state index in [0.717, 1.165) is 5.69 Å². The summed E-state index contributed by atoms with van der Waals surface area (Å²) in [6.07, 6.45) is 5.11. The molecule has 0 spiro atoms.